The van der Waals surface area contributed by atoms with Gasteiger partial charge in [0, 0.05) is 37.0 Å². The van der Waals surface area contributed by atoms with E-state index in [0.717, 1.165) is 31.0 Å². The zero-order valence-electron chi connectivity index (χ0n) is 11.7. The lowest BCUT2D eigenvalue weighted by atomic mass is 10.0. The van der Waals surface area contributed by atoms with Gasteiger partial charge in [0.25, 0.3) is 0 Å². The van der Waals surface area contributed by atoms with Crippen LogP contribution in [0.15, 0.2) is 18.2 Å². The van der Waals surface area contributed by atoms with E-state index in [1.165, 1.54) is 17.7 Å². The zero-order valence-corrected chi connectivity index (χ0v) is 12.5. The molecule has 1 aromatic carbocycles. The molecule has 3 nitrogen and oxygen atoms in total. The molecule has 0 aromatic heterocycles. The van der Waals surface area contributed by atoms with Crippen molar-refractivity contribution in [1.29, 1.82) is 0 Å². The standard InChI is InChI=1S/C15H23ClN2O/c1-11(17)8-12-9-13(16)5-6-15(12)18(2)10-14-4-3-7-19-14/h5-6,9,11,14H,3-4,7-8,10,17H2,1-2H3. The summed E-state index contributed by atoms with van der Waals surface area (Å²) < 4.78 is 5.70. The van der Waals surface area contributed by atoms with Crippen molar-refractivity contribution in [3.05, 3.63) is 28.8 Å². The maximum atomic E-state index is 6.09. The quantitative estimate of drug-likeness (QED) is 0.902. The summed E-state index contributed by atoms with van der Waals surface area (Å²) >= 11 is 6.09. The fourth-order valence-electron chi connectivity index (χ4n) is 2.63. The van der Waals surface area contributed by atoms with Gasteiger partial charge in [0.2, 0.25) is 0 Å². The summed E-state index contributed by atoms with van der Waals surface area (Å²) in [7, 11) is 2.11. The molecule has 2 atom stereocenters. The Hall–Kier alpha value is -0.770. The number of hydrogen-bond acceptors (Lipinski definition) is 3. The van der Waals surface area contributed by atoms with Gasteiger partial charge in [-0.25, -0.2) is 0 Å². The molecule has 1 saturated heterocycles. The maximum absolute atomic E-state index is 6.09. The third-order valence-corrected chi connectivity index (χ3v) is 3.73. The van der Waals surface area contributed by atoms with Gasteiger partial charge < -0.3 is 15.4 Å². The Labute approximate surface area is 120 Å². The van der Waals surface area contributed by atoms with Gasteiger partial charge in [-0.3, -0.25) is 0 Å². The van der Waals surface area contributed by atoms with Crippen molar-refractivity contribution in [2.45, 2.75) is 38.3 Å². The first-order valence-corrected chi connectivity index (χ1v) is 7.31. The van der Waals surface area contributed by atoms with Crippen LogP contribution >= 0.6 is 11.6 Å². The highest BCUT2D eigenvalue weighted by Crippen LogP contribution is 2.26. The summed E-state index contributed by atoms with van der Waals surface area (Å²) in [5.41, 5.74) is 8.34. The summed E-state index contributed by atoms with van der Waals surface area (Å²) in [5.74, 6) is 0. The molecule has 0 bridgehead atoms. The fourth-order valence-corrected chi connectivity index (χ4v) is 2.82. The number of ether oxygens (including phenoxy) is 1. The Morgan fingerprint density at radius 3 is 2.95 bits per heavy atom. The second-order valence-electron chi connectivity index (χ2n) is 5.47. The van der Waals surface area contributed by atoms with E-state index in [1.54, 1.807) is 0 Å². The molecule has 2 rings (SSSR count). The van der Waals surface area contributed by atoms with Crippen LogP contribution in [0.4, 0.5) is 5.69 Å². The van der Waals surface area contributed by atoms with Gasteiger partial charge in [0.1, 0.15) is 0 Å². The molecule has 2 unspecified atom stereocenters. The first kappa shape index (κ1) is 14.6. The van der Waals surface area contributed by atoms with Crippen LogP contribution < -0.4 is 10.6 Å². The lowest BCUT2D eigenvalue weighted by molar-refractivity contribution is 0.116. The van der Waals surface area contributed by atoms with E-state index in [4.69, 9.17) is 22.1 Å². The van der Waals surface area contributed by atoms with Gasteiger partial charge in [0.15, 0.2) is 0 Å². The van der Waals surface area contributed by atoms with Crippen LogP contribution in [-0.4, -0.2) is 32.3 Å². The van der Waals surface area contributed by atoms with Crippen molar-refractivity contribution in [1.82, 2.24) is 0 Å². The first-order valence-electron chi connectivity index (χ1n) is 6.93. The topological polar surface area (TPSA) is 38.5 Å². The zero-order chi connectivity index (χ0) is 13.8. The first-order chi connectivity index (χ1) is 9.06. The largest absolute Gasteiger partial charge is 0.376 e. The monoisotopic (exact) mass is 282 g/mol. The second-order valence-corrected chi connectivity index (χ2v) is 5.91. The van der Waals surface area contributed by atoms with Crippen molar-refractivity contribution in [3.8, 4) is 0 Å². The Bertz CT molecular complexity index is 417. The molecule has 0 saturated carbocycles. The number of benzene rings is 1. The molecule has 1 heterocycles. The molecule has 106 valence electrons. The number of rotatable bonds is 5. The highest BCUT2D eigenvalue weighted by Gasteiger charge is 2.19. The molecule has 1 fully saturated rings. The lowest BCUT2D eigenvalue weighted by Crippen LogP contribution is -2.30. The van der Waals surface area contributed by atoms with Crippen molar-refractivity contribution < 1.29 is 4.74 Å². The van der Waals surface area contributed by atoms with Crippen molar-refractivity contribution in [2.24, 2.45) is 5.73 Å². The average molecular weight is 283 g/mol. The Morgan fingerprint density at radius 2 is 2.32 bits per heavy atom. The molecular formula is C15H23ClN2O. The SMILES string of the molecule is CC(N)Cc1cc(Cl)ccc1N(C)CC1CCCO1. The van der Waals surface area contributed by atoms with Gasteiger partial charge >= 0.3 is 0 Å². The van der Waals surface area contributed by atoms with Crippen LogP contribution in [0.2, 0.25) is 5.02 Å². The van der Waals surface area contributed by atoms with Crippen LogP contribution in [0.25, 0.3) is 0 Å². The van der Waals surface area contributed by atoms with E-state index in [9.17, 15) is 0 Å². The molecule has 0 amide bonds. The second kappa shape index (κ2) is 6.60. The van der Waals surface area contributed by atoms with Crippen LogP contribution in [0.3, 0.4) is 0 Å². The van der Waals surface area contributed by atoms with Crippen LogP contribution in [-0.2, 0) is 11.2 Å². The maximum Gasteiger partial charge on any atom is 0.0750 e. The number of nitrogens with two attached hydrogens (primary N) is 1. The molecule has 19 heavy (non-hydrogen) atoms. The Kier molecular flexibility index (Phi) is 5.08. The summed E-state index contributed by atoms with van der Waals surface area (Å²) in [6.45, 7) is 3.84. The van der Waals surface area contributed by atoms with Gasteiger partial charge in [0.05, 0.1) is 6.10 Å². The number of halogens is 1. The molecule has 1 aromatic rings. The van der Waals surface area contributed by atoms with Gasteiger partial charge in [-0.15, -0.1) is 0 Å². The summed E-state index contributed by atoms with van der Waals surface area (Å²) in [6.07, 6.45) is 3.52. The molecule has 0 radical (unpaired) electrons. The van der Waals surface area contributed by atoms with E-state index in [0.29, 0.717) is 6.10 Å². The molecule has 0 aliphatic carbocycles. The van der Waals surface area contributed by atoms with E-state index in [2.05, 4.69) is 18.0 Å². The Morgan fingerprint density at radius 1 is 1.53 bits per heavy atom. The predicted octanol–water partition coefficient (Wildman–Crippen LogP) is 2.84. The van der Waals surface area contributed by atoms with Crippen molar-refractivity contribution in [2.75, 3.05) is 25.1 Å². The van der Waals surface area contributed by atoms with Gasteiger partial charge in [-0.2, -0.15) is 0 Å². The van der Waals surface area contributed by atoms with Crippen LogP contribution in [0.1, 0.15) is 25.3 Å². The normalized spacial score (nSPS) is 20.5. The van der Waals surface area contributed by atoms with Crippen LogP contribution in [0, 0.1) is 0 Å². The highest BCUT2D eigenvalue weighted by atomic mass is 35.5. The van der Waals surface area contributed by atoms with E-state index < -0.39 is 0 Å². The molecule has 0 spiro atoms. The molecule has 4 heteroatoms. The molecule has 1 aliphatic heterocycles. The van der Waals surface area contributed by atoms with E-state index in [-0.39, 0.29) is 6.04 Å². The van der Waals surface area contributed by atoms with E-state index in [1.807, 2.05) is 19.1 Å². The molecular weight excluding hydrogens is 260 g/mol. The summed E-state index contributed by atoms with van der Waals surface area (Å²) in [5, 5.41) is 0.768. The summed E-state index contributed by atoms with van der Waals surface area (Å²) in [4.78, 5) is 2.25. The third kappa shape index (κ3) is 4.10. The molecule has 1 aliphatic rings. The average Bonchev–Trinajstić information content (AvgIpc) is 2.80. The summed E-state index contributed by atoms with van der Waals surface area (Å²) in [6, 6.07) is 6.17. The minimum atomic E-state index is 0.133. The lowest BCUT2D eigenvalue weighted by Gasteiger charge is -2.26. The van der Waals surface area contributed by atoms with Gasteiger partial charge in [-0.05, 0) is 49.9 Å². The minimum absolute atomic E-state index is 0.133. The number of hydrogen-bond donors (Lipinski definition) is 1. The molecule has 2 N–H and O–H groups in total. The van der Waals surface area contributed by atoms with Gasteiger partial charge in [-0.1, -0.05) is 11.6 Å². The van der Waals surface area contributed by atoms with Crippen molar-refractivity contribution in [3.63, 3.8) is 0 Å². The fraction of sp³-hybridized carbons (Fsp3) is 0.600. The predicted molar refractivity (Wildman–Crippen MR) is 81.0 cm³/mol. The smallest absolute Gasteiger partial charge is 0.0750 e. The van der Waals surface area contributed by atoms with E-state index >= 15 is 0 Å². The highest BCUT2D eigenvalue weighted by molar-refractivity contribution is 6.30. The third-order valence-electron chi connectivity index (χ3n) is 3.50. The van der Waals surface area contributed by atoms with Crippen LogP contribution in [0.5, 0.6) is 0 Å². The van der Waals surface area contributed by atoms with Crippen molar-refractivity contribution >= 4 is 17.3 Å². The minimum Gasteiger partial charge on any atom is -0.376 e. The number of anilines is 1. The number of likely N-dealkylation sites (N-methyl/N-ethyl adjacent to an activating group) is 1. The number of nitrogens with zero attached hydrogens (tertiary/aromatic N) is 1. The Balaban J connectivity index is 2.12.